The van der Waals surface area contributed by atoms with Crippen molar-refractivity contribution >= 4 is 34.9 Å². The molecule has 0 radical (unpaired) electrons. The lowest BCUT2D eigenvalue weighted by atomic mass is 10.1. The largest absolute Gasteiger partial charge is 0.343 e. The van der Waals surface area contributed by atoms with Crippen LogP contribution in [0, 0.1) is 0 Å². The van der Waals surface area contributed by atoms with Gasteiger partial charge in [0.25, 0.3) is 11.1 Å². The Kier molecular flexibility index (Phi) is 5.35. The van der Waals surface area contributed by atoms with Crippen molar-refractivity contribution in [1.82, 2.24) is 9.80 Å². The van der Waals surface area contributed by atoms with Gasteiger partial charge in [-0.2, -0.15) is 0 Å². The molecular formula is C18H20N2O3S. The van der Waals surface area contributed by atoms with Gasteiger partial charge in [0.2, 0.25) is 5.91 Å². The molecule has 2 aliphatic rings. The van der Waals surface area contributed by atoms with Crippen LogP contribution in [-0.2, 0) is 9.59 Å². The molecule has 0 spiro atoms. The molecule has 2 fully saturated rings. The van der Waals surface area contributed by atoms with E-state index in [0.717, 1.165) is 49.7 Å². The van der Waals surface area contributed by atoms with Gasteiger partial charge < -0.3 is 4.90 Å². The number of amides is 3. The number of hydrogen-bond acceptors (Lipinski definition) is 4. The number of piperidine rings is 1. The first-order valence-corrected chi connectivity index (χ1v) is 9.05. The Hall–Kier alpha value is -2.08. The predicted octanol–water partition coefficient (Wildman–Crippen LogP) is 3.13. The van der Waals surface area contributed by atoms with E-state index in [0.29, 0.717) is 4.91 Å². The third-order valence-corrected chi connectivity index (χ3v) is 5.14. The fourth-order valence-electron chi connectivity index (χ4n) is 2.90. The summed E-state index contributed by atoms with van der Waals surface area (Å²) >= 11 is 0.938. The van der Waals surface area contributed by atoms with E-state index in [9.17, 15) is 14.4 Å². The maximum Gasteiger partial charge on any atom is 0.293 e. The second kappa shape index (κ2) is 7.66. The number of hydrogen-bond donors (Lipinski definition) is 0. The molecule has 1 aromatic carbocycles. The van der Waals surface area contributed by atoms with E-state index in [2.05, 4.69) is 0 Å². The summed E-state index contributed by atoms with van der Waals surface area (Å²) in [5.41, 5.74) is 0.882. The summed E-state index contributed by atoms with van der Waals surface area (Å²) in [6.45, 7) is 1.73. The third kappa shape index (κ3) is 3.87. The van der Waals surface area contributed by atoms with Crippen molar-refractivity contribution in [2.75, 3.05) is 19.6 Å². The van der Waals surface area contributed by atoms with Crippen LogP contribution in [0.25, 0.3) is 6.08 Å². The number of thioether (sulfide) groups is 1. The Balaban J connectivity index is 1.60. The van der Waals surface area contributed by atoms with Crippen molar-refractivity contribution in [2.45, 2.75) is 25.7 Å². The second-order valence-electron chi connectivity index (χ2n) is 5.94. The van der Waals surface area contributed by atoms with E-state index in [4.69, 9.17) is 0 Å². The van der Waals surface area contributed by atoms with Crippen molar-refractivity contribution in [3.05, 3.63) is 40.8 Å². The lowest BCUT2D eigenvalue weighted by molar-refractivity contribution is -0.132. The molecule has 0 aromatic heterocycles. The highest BCUT2D eigenvalue weighted by molar-refractivity contribution is 8.18. The van der Waals surface area contributed by atoms with Crippen molar-refractivity contribution in [1.29, 1.82) is 0 Å². The molecule has 0 N–H and O–H groups in total. The summed E-state index contributed by atoms with van der Waals surface area (Å²) < 4.78 is 0. The Morgan fingerprint density at radius 3 is 2.50 bits per heavy atom. The van der Waals surface area contributed by atoms with Crippen molar-refractivity contribution in [3.8, 4) is 0 Å². The molecule has 0 bridgehead atoms. The van der Waals surface area contributed by atoms with Crippen LogP contribution < -0.4 is 0 Å². The number of nitrogens with zero attached hydrogens (tertiary/aromatic N) is 2. The smallest absolute Gasteiger partial charge is 0.293 e. The highest BCUT2D eigenvalue weighted by Crippen LogP contribution is 2.32. The molecule has 1 aromatic rings. The molecular weight excluding hydrogens is 324 g/mol. The van der Waals surface area contributed by atoms with Gasteiger partial charge in [0.15, 0.2) is 0 Å². The molecule has 2 saturated heterocycles. The van der Waals surface area contributed by atoms with Gasteiger partial charge >= 0.3 is 0 Å². The van der Waals surface area contributed by atoms with Crippen LogP contribution in [-0.4, -0.2) is 46.5 Å². The van der Waals surface area contributed by atoms with Crippen molar-refractivity contribution in [2.24, 2.45) is 0 Å². The average Bonchev–Trinajstić information content (AvgIpc) is 2.88. The molecule has 0 atom stereocenters. The summed E-state index contributed by atoms with van der Waals surface area (Å²) in [7, 11) is 0. The fraction of sp³-hybridized carbons (Fsp3) is 0.389. The van der Waals surface area contributed by atoms with Gasteiger partial charge in [-0.05, 0) is 42.7 Å². The number of benzene rings is 1. The minimum absolute atomic E-state index is 0.0285. The van der Waals surface area contributed by atoms with Crippen LogP contribution in [0.4, 0.5) is 4.79 Å². The van der Waals surface area contributed by atoms with E-state index in [1.54, 1.807) is 6.08 Å². The average molecular weight is 344 g/mol. The maximum atomic E-state index is 12.4. The number of likely N-dealkylation sites (tertiary alicyclic amines) is 1. The number of imide groups is 1. The summed E-state index contributed by atoms with van der Waals surface area (Å²) in [5.74, 6) is -0.277. The Bertz CT molecular complexity index is 666. The molecule has 0 saturated carbocycles. The van der Waals surface area contributed by atoms with Gasteiger partial charge in [0.1, 0.15) is 0 Å². The van der Waals surface area contributed by atoms with E-state index in [1.165, 1.54) is 4.90 Å². The van der Waals surface area contributed by atoms with E-state index < -0.39 is 0 Å². The summed E-state index contributed by atoms with van der Waals surface area (Å²) in [6.07, 6.45) is 5.16. The summed E-state index contributed by atoms with van der Waals surface area (Å²) in [6, 6.07) is 9.43. The van der Waals surface area contributed by atoms with Gasteiger partial charge in [-0.15, -0.1) is 0 Å². The molecule has 2 heterocycles. The molecule has 126 valence electrons. The standard InChI is InChI=1S/C18H20N2O3S/c21-16(19-10-5-2-6-11-19)9-12-20-17(22)15(24-18(20)23)13-14-7-3-1-4-8-14/h1,3-4,7-8,13H,2,5-6,9-12H2/b15-13+. The maximum absolute atomic E-state index is 12.4. The minimum atomic E-state index is -0.305. The van der Waals surface area contributed by atoms with E-state index in [-0.39, 0.29) is 30.0 Å². The highest BCUT2D eigenvalue weighted by atomic mass is 32.2. The van der Waals surface area contributed by atoms with Crippen LogP contribution >= 0.6 is 11.8 Å². The lowest BCUT2D eigenvalue weighted by Gasteiger charge is -2.27. The quantitative estimate of drug-likeness (QED) is 0.788. The Morgan fingerprint density at radius 2 is 1.79 bits per heavy atom. The molecule has 6 heteroatoms. The Morgan fingerprint density at radius 1 is 1.08 bits per heavy atom. The van der Waals surface area contributed by atoms with Gasteiger partial charge in [-0.3, -0.25) is 19.3 Å². The van der Waals surface area contributed by atoms with E-state index in [1.807, 2.05) is 35.2 Å². The predicted molar refractivity (Wildman–Crippen MR) is 94.2 cm³/mol. The first-order chi connectivity index (χ1) is 11.6. The van der Waals surface area contributed by atoms with Gasteiger partial charge in [0, 0.05) is 26.1 Å². The summed E-state index contributed by atoms with van der Waals surface area (Å²) in [5, 5.41) is -0.298. The molecule has 5 nitrogen and oxygen atoms in total. The second-order valence-corrected chi connectivity index (χ2v) is 6.93. The fourth-order valence-corrected chi connectivity index (χ4v) is 3.77. The molecule has 2 aliphatic heterocycles. The molecule has 24 heavy (non-hydrogen) atoms. The van der Waals surface area contributed by atoms with Gasteiger partial charge in [-0.1, -0.05) is 30.3 Å². The first kappa shape index (κ1) is 16.8. The van der Waals surface area contributed by atoms with Crippen LogP contribution in [0.1, 0.15) is 31.2 Å². The van der Waals surface area contributed by atoms with Gasteiger partial charge in [0.05, 0.1) is 4.91 Å². The third-order valence-electron chi connectivity index (χ3n) is 4.23. The molecule has 0 aliphatic carbocycles. The number of carbonyl (C=O) groups is 3. The normalized spacial score (nSPS) is 20.1. The van der Waals surface area contributed by atoms with Gasteiger partial charge in [-0.25, -0.2) is 0 Å². The van der Waals surface area contributed by atoms with Crippen LogP contribution in [0.2, 0.25) is 0 Å². The first-order valence-electron chi connectivity index (χ1n) is 8.23. The topological polar surface area (TPSA) is 57.7 Å². The molecule has 3 rings (SSSR count). The zero-order valence-electron chi connectivity index (χ0n) is 13.4. The SMILES string of the molecule is O=C(CCN1C(=O)S/C(=C/c2ccccc2)C1=O)N1CCCCC1. The zero-order valence-corrected chi connectivity index (χ0v) is 14.3. The van der Waals surface area contributed by atoms with E-state index >= 15 is 0 Å². The molecule has 3 amide bonds. The van der Waals surface area contributed by atoms with Crippen molar-refractivity contribution in [3.63, 3.8) is 0 Å². The van der Waals surface area contributed by atoms with Crippen molar-refractivity contribution < 1.29 is 14.4 Å². The monoisotopic (exact) mass is 344 g/mol. The Labute approximate surface area is 145 Å². The van der Waals surface area contributed by atoms with Crippen LogP contribution in [0.15, 0.2) is 35.2 Å². The number of carbonyl (C=O) groups excluding carboxylic acids is 3. The van der Waals surface area contributed by atoms with Crippen LogP contribution in [0.3, 0.4) is 0 Å². The van der Waals surface area contributed by atoms with Crippen LogP contribution in [0.5, 0.6) is 0 Å². The highest BCUT2D eigenvalue weighted by Gasteiger charge is 2.35. The number of rotatable bonds is 4. The molecule has 0 unspecified atom stereocenters. The lowest BCUT2D eigenvalue weighted by Crippen LogP contribution is -2.38. The zero-order chi connectivity index (χ0) is 16.9. The summed E-state index contributed by atoms with van der Waals surface area (Å²) in [4.78, 5) is 40.1. The minimum Gasteiger partial charge on any atom is -0.343 e.